The van der Waals surface area contributed by atoms with Crippen molar-refractivity contribution in [3.63, 3.8) is 0 Å². The van der Waals surface area contributed by atoms with Crippen LogP contribution in [0.3, 0.4) is 0 Å². The Labute approximate surface area is 410 Å². The zero-order valence-corrected chi connectivity index (χ0v) is 39.5. The van der Waals surface area contributed by atoms with Crippen molar-refractivity contribution in [1.29, 1.82) is 0 Å². The lowest BCUT2D eigenvalue weighted by molar-refractivity contribution is -0.317. The number of fused-ring (bicyclic) bond motifs is 6. The number of aryl methyl sites for hydroxylation is 1. The third-order valence-corrected chi connectivity index (χ3v) is 13.8. The summed E-state index contributed by atoms with van der Waals surface area (Å²) in [5, 5.41) is 14.9. The minimum atomic E-state index is -2.35. The molecule has 19 heteroatoms. The van der Waals surface area contributed by atoms with E-state index in [1.54, 1.807) is 13.2 Å². The van der Waals surface area contributed by atoms with E-state index < -0.39 is 12.8 Å². The molecule has 4 aromatic carbocycles. The van der Waals surface area contributed by atoms with Gasteiger partial charge in [-0.05, 0) is 85.3 Å². The smallest absolute Gasteiger partial charge is 0.618 e. The van der Waals surface area contributed by atoms with E-state index in [2.05, 4.69) is 37.6 Å². The van der Waals surface area contributed by atoms with Gasteiger partial charge in [-0.3, -0.25) is 19.3 Å². The van der Waals surface area contributed by atoms with Crippen molar-refractivity contribution < 1.29 is 56.7 Å². The first kappa shape index (κ1) is 47.3. The fraction of sp³-hybridized carbons (Fsp3) is 0.365. The zero-order chi connectivity index (χ0) is 48.7. The molecule has 0 spiro atoms. The van der Waals surface area contributed by atoms with Gasteiger partial charge >= 0.3 is 12.8 Å². The molecule has 1 saturated carbocycles. The quantitative estimate of drug-likeness (QED) is 0.0611. The average molecular weight is 966 g/mol. The summed E-state index contributed by atoms with van der Waals surface area (Å²) in [6.07, 6.45) is 5.52. The number of carbonyl (C=O) groups excluding carboxylic acids is 4. The molecule has 4 heterocycles. The molecule has 5 aromatic rings. The predicted octanol–water partition coefficient (Wildman–Crippen LogP) is 3.97. The third kappa shape index (κ3) is 10.2. The Balaban J connectivity index is 0.676. The first-order valence-corrected chi connectivity index (χ1v) is 24.3. The highest BCUT2D eigenvalue weighted by molar-refractivity contribution is 6.77. The van der Waals surface area contributed by atoms with Gasteiger partial charge in [-0.25, -0.2) is 9.48 Å². The van der Waals surface area contributed by atoms with Crippen LogP contribution < -0.4 is 30.1 Å². The monoisotopic (exact) mass is 965 g/mol. The lowest BCUT2D eigenvalue weighted by Gasteiger charge is -2.37. The van der Waals surface area contributed by atoms with Crippen LogP contribution in [0, 0.1) is 17.8 Å². The molecule has 10 rings (SSSR count). The van der Waals surface area contributed by atoms with Crippen LogP contribution in [0.4, 0.5) is 10.5 Å². The fourth-order valence-electron chi connectivity index (χ4n) is 10.2. The summed E-state index contributed by atoms with van der Waals surface area (Å²) < 4.78 is 45.6. The maximum Gasteiger partial charge on any atom is 0.685 e. The van der Waals surface area contributed by atoms with Crippen LogP contribution in [0.25, 0.3) is 0 Å². The number of ether oxygens (including phenoxy) is 5. The van der Waals surface area contributed by atoms with Crippen LogP contribution in [0.5, 0.6) is 17.2 Å². The summed E-state index contributed by atoms with van der Waals surface area (Å²) in [7, 11) is 1.63. The van der Waals surface area contributed by atoms with Gasteiger partial charge in [0, 0.05) is 48.5 Å². The Morgan fingerprint density at radius 2 is 1.46 bits per heavy atom. The van der Waals surface area contributed by atoms with Crippen LogP contribution in [0.15, 0.2) is 109 Å². The number of amides is 4. The maximum absolute atomic E-state index is 13.8. The molecule has 0 bridgehead atoms. The van der Waals surface area contributed by atoms with Crippen molar-refractivity contribution in [3.05, 3.63) is 137 Å². The van der Waals surface area contributed by atoms with E-state index in [9.17, 15) is 19.2 Å². The molecule has 2 N–H and O–H groups in total. The lowest BCUT2D eigenvalue weighted by Crippen LogP contribution is -2.66. The molecule has 1 aromatic heterocycles. The highest BCUT2D eigenvalue weighted by Crippen LogP contribution is 2.53. The molecule has 4 amide bonds. The normalized spacial score (nSPS) is 20.4. The van der Waals surface area contributed by atoms with Crippen molar-refractivity contribution in [3.8, 4) is 17.2 Å². The minimum absolute atomic E-state index is 0.207. The van der Waals surface area contributed by atoms with Gasteiger partial charge in [-0.1, -0.05) is 53.7 Å². The largest absolute Gasteiger partial charge is 0.685 e. The molecule has 368 valence electrons. The summed E-state index contributed by atoms with van der Waals surface area (Å²) in [4.78, 5) is 50.5. The van der Waals surface area contributed by atoms with Crippen molar-refractivity contribution in [1.82, 2.24) is 30.5 Å². The van der Waals surface area contributed by atoms with Gasteiger partial charge in [0.15, 0.2) is 11.4 Å². The minimum Gasteiger partial charge on any atom is -0.618 e. The summed E-state index contributed by atoms with van der Waals surface area (Å²) in [5.74, 6) is 2.17. The predicted molar refractivity (Wildman–Crippen MR) is 259 cm³/mol. The van der Waals surface area contributed by atoms with Crippen LogP contribution in [-0.4, -0.2) is 134 Å². The van der Waals surface area contributed by atoms with E-state index in [-0.39, 0.29) is 30.9 Å². The van der Waals surface area contributed by atoms with Crippen LogP contribution in [0.2, 0.25) is 0 Å². The number of hydrogen-bond donors (Lipinski definition) is 2. The van der Waals surface area contributed by atoms with Gasteiger partial charge in [0.25, 0.3) is 17.7 Å². The topological polar surface area (TPSA) is 194 Å². The van der Waals surface area contributed by atoms with Gasteiger partial charge in [0.1, 0.15) is 11.5 Å². The van der Waals surface area contributed by atoms with E-state index in [0.717, 1.165) is 70.0 Å². The second-order valence-electron chi connectivity index (χ2n) is 18.0. The molecule has 0 saturated heterocycles. The number of aromatic nitrogens is 3. The number of benzene rings is 4. The molecule has 71 heavy (non-hydrogen) atoms. The number of alkyl carbamates (subject to hydrolysis) is 1. The Kier molecular flexibility index (Phi) is 14.2. The summed E-state index contributed by atoms with van der Waals surface area (Å²) >= 11 is 0. The zero-order valence-electron chi connectivity index (χ0n) is 39.5. The van der Waals surface area contributed by atoms with Gasteiger partial charge in [0.2, 0.25) is 0 Å². The van der Waals surface area contributed by atoms with Gasteiger partial charge in [-0.2, -0.15) is 0 Å². The Hall–Kier alpha value is -7.35. The molecule has 2 aliphatic carbocycles. The van der Waals surface area contributed by atoms with Crippen molar-refractivity contribution in [2.24, 2.45) is 17.8 Å². The lowest BCUT2D eigenvalue weighted by atomic mass is 9.61. The third-order valence-electron chi connectivity index (χ3n) is 13.8. The summed E-state index contributed by atoms with van der Waals surface area (Å²) in [6.45, 7) is 1.32. The van der Waals surface area contributed by atoms with Crippen LogP contribution >= 0.6 is 0 Å². The number of rotatable bonds is 21. The van der Waals surface area contributed by atoms with E-state index in [1.165, 1.54) is 12.2 Å². The highest BCUT2D eigenvalue weighted by Gasteiger charge is 2.59. The fourth-order valence-corrected chi connectivity index (χ4v) is 10.2. The molecule has 1 unspecified atom stereocenters. The van der Waals surface area contributed by atoms with Gasteiger partial charge in [0.05, 0.1) is 89.1 Å². The number of imide groups is 1. The van der Waals surface area contributed by atoms with Gasteiger partial charge in [-0.15, -0.1) is 5.10 Å². The second-order valence-corrected chi connectivity index (χ2v) is 18.0. The first-order chi connectivity index (χ1) is 34.8. The van der Waals surface area contributed by atoms with Crippen LogP contribution in [-0.2, 0) is 47.9 Å². The van der Waals surface area contributed by atoms with E-state index in [1.807, 2.05) is 83.5 Å². The van der Waals surface area contributed by atoms with Gasteiger partial charge < -0.3 is 48.1 Å². The van der Waals surface area contributed by atoms with E-state index >= 15 is 0 Å². The molecule has 3 aliphatic heterocycles. The van der Waals surface area contributed by atoms with Crippen molar-refractivity contribution in [2.45, 2.75) is 32.2 Å². The number of nitrogens with one attached hydrogen (secondary N) is 2. The molecular weight excluding hydrogens is 909 g/mol. The second kappa shape index (κ2) is 21.3. The molecular formula is C52H56BN7O11. The Morgan fingerprint density at radius 3 is 2.23 bits per heavy atom. The Morgan fingerprint density at radius 1 is 0.761 bits per heavy atom. The molecule has 0 radical (unpaired) electrons. The summed E-state index contributed by atoms with van der Waals surface area (Å²) in [6, 6.07) is 31.4. The highest BCUT2D eigenvalue weighted by atomic mass is 16.6. The number of nitrogens with zero attached hydrogens (tertiary/aromatic N) is 5. The number of methoxy groups -OCH3 is 1. The first-order valence-electron chi connectivity index (χ1n) is 24.3. The summed E-state index contributed by atoms with van der Waals surface area (Å²) in [5.41, 5.74) is 6.95. The SMILES string of the molecule is COc1ccc2c(c1)O[B-]1(c3ccccc3)Oc3cc(C(=O)NCCn4nnc5c4CC[C@@H]4[C@H](CC5)[C@@H]4COC(=O)NCCOCCOCCOCCN4C(=O)C=CC4=O)ccc3[N+]1=C2c1ccccc1. The average Bonchev–Trinajstić information content (AvgIpc) is 3.56. The Bertz CT molecular complexity index is 2820. The molecule has 1 fully saturated rings. The van der Waals surface area contributed by atoms with Crippen LogP contribution in [0.1, 0.15) is 45.7 Å². The van der Waals surface area contributed by atoms with Crippen molar-refractivity contribution >= 4 is 47.4 Å². The maximum atomic E-state index is 13.8. The van der Waals surface area contributed by atoms with E-state index in [4.69, 9.17) is 33.0 Å². The standard InChI is InChI=1S/C52H56BN7O11/c1-65-38-13-14-41-46(33-38)70-53(37-10-6-3-7-11-37)60(50(41)35-8-4-2-5-9-35)45-18-12-36(32-47(45)71-53)51(63)54-22-24-59-44-19-16-40-39(15-17-43(44)56-57-59)42(40)34-69-52(64)55-23-26-66-28-30-68-31-29-67-27-25-58-48(61)20-21-49(58)62/h2-14,18,20-21,32-33,39-40,42H,15-17,19,22-31,34H2,1H3,(H,54,63)(H,55,64)/t39-,40+,42-,53?/m0/s1. The molecule has 18 nitrogen and oxygen atoms in total. The number of hydrogen-bond acceptors (Lipinski definition) is 13. The molecule has 4 atom stereocenters. The number of carbonyl (C=O) groups is 4. The molecule has 5 aliphatic rings. The van der Waals surface area contributed by atoms with E-state index in [0.29, 0.717) is 99.8 Å². The van der Waals surface area contributed by atoms with Crippen molar-refractivity contribution in [2.75, 3.05) is 73.0 Å².